The van der Waals surface area contributed by atoms with E-state index in [0.29, 0.717) is 12.5 Å². The number of likely N-dealkylation sites (tertiary alicyclic amines) is 1. The molecule has 1 amide bonds. The van der Waals surface area contributed by atoms with Gasteiger partial charge in [-0.1, -0.05) is 0 Å². The van der Waals surface area contributed by atoms with Crippen LogP contribution in [0.5, 0.6) is 5.88 Å². The van der Waals surface area contributed by atoms with E-state index in [4.69, 9.17) is 4.74 Å². The first-order chi connectivity index (χ1) is 9.02. The average molecular weight is 266 g/mol. The van der Waals surface area contributed by atoms with Gasteiger partial charge in [0.25, 0.3) is 0 Å². The van der Waals surface area contributed by atoms with Crippen LogP contribution in [0.2, 0.25) is 0 Å². The summed E-state index contributed by atoms with van der Waals surface area (Å²) in [6.07, 6.45) is 1.52. The molecule has 0 aliphatic carbocycles. The van der Waals surface area contributed by atoms with Crippen LogP contribution in [0.25, 0.3) is 0 Å². The minimum absolute atomic E-state index is 0.230. The molecule has 0 saturated carbocycles. The maximum absolute atomic E-state index is 11.4. The third-order valence-corrected chi connectivity index (χ3v) is 3.68. The van der Waals surface area contributed by atoms with Gasteiger partial charge in [0.15, 0.2) is 0 Å². The van der Waals surface area contributed by atoms with Crippen LogP contribution in [0.1, 0.15) is 24.1 Å². The van der Waals surface area contributed by atoms with Crippen molar-refractivity contribution in [2.75, 3.05) is 20.7 Å². The standard InChI is InChI=1S/C13H22N4O2/c1-9-11(13(19-4)17(3)15-9)7-14-10-5-6-12(18)16(2)8-10/h10,14H,5-8H2,1-4H3. The number of nitrogens with zero attached hydrogens (tertiary/aromatic N) is 3. The number of hydrogen-bond donors (Lipinski definition) is 1. The molecule has 6 nitrogen and oxygen atoms in total. The van der Waals surface area contributed by atoms with E-state index in [1.54, 1.807) is 16.7 Å². The molecule has 0 spiro atoms. The van der Waals surface area contributed by atoms with Crippen molar-refractivity contribution in [2.45, 2.75) is 32.4 Å². The number of likely N-dealkylation sites (N-methyl/N-ethyl adjacent to an activating group) is 1. The first-order valence-electron chi connectivity index (χ1n) is 6.56. The van der Waals surface area contributed by atoms with Crippen molar-refractivity contribution in [2.24, 2.45) is 7.05 Å². The van der Waals surface area contributed by atoms with Crippen LogP contribution in [0.15, 0.2) is 0 Å². The van der Waals surface area contributed by atoms with Crippen molar-refractivity contribution in [3.05, 3.63) is 11.3 Å². The second-order valence-electron chi connectivity index (χ2n) is 5.09. The van der Waals surface area contributed by atoms with Gasteiger partial charge in [-0.2, -0.15) is 5.10 Å². The summed E-state index contributed by atoms with van der Waals surface area (Å²) in [6.45, 7) is 3.46. The fourth-order valence-electron chi connectivity index (χ4n) is 2.56. The predicted molar refractivity (Wildman–Crippen MR) is 72.0 cm³/mol. The lowest BCUT2D eigenvalue weighted by Crippen LogP contribution is -2.46. The molecule has 0 bridgehead atoms. The molecule has 19 heavy (non-hydrogen) atoms. The Morgan fingerprint density at radius 3 is 2.84 bits per heavy atom. The highest BCUT2D eigenvalue weighted by atomic mass is 16.5. The highest BCUT2D eigenvalue weighted by Crippen LogP contribution is 2.21. The maximum Gasteiger partial charge on any atom is 0.222 e. The Morgan fingerprint density at radius 2 is 2.21 bits per heavy atom. The number of piperidine rings is 1. The van der Waals surface area contributed by atoms with E-state index in [1.807, 2.05) is 21.0 Å². The summed E-state index contributed by atoms with van der Waals surface area (Å²) < 4.78 is 7.12. The van der Waals surface area contributed by atoms with Crippen LogP contribution < -0.4 is 10.1 Å². The van der Waals surface area contributed by atoms with E-state index in [0.717, 1.165) is 36.6 Å². The number of carbonyl (C=O) groups excluding carboxylic acids is 1. The Morgan fingerprint density at radius 1 is 1.47 bits per heavy atom. The first-order valence-corrected chi connectivity index (χ1v) is 6.56. The smallest absolute Gasteiger partial charge is 0.222 e. The van der Waals surface area contributed by atoms with Crippen LogP contribution in [-0.4, -0.2) is 47.3 Å². The molecule has 6 heteroatoms. The van der Waals surface area contributed by atoms with E-state index < -0.39 is 0 Å². The number of ether oxygens (including phenoxy) is 1. The number of hydrogen-bond acceptors (Lipinski definition) is 4. The summed E-state index contributed by atoms with van der Waals surface area (Å²) in [5.74, 6) is 1.03. The molecule has 106 valence electrons. The zero-order valence-corrected chi connectivity index (χ0v) is 12.1. The Hall–Kier alpha value is -1.56. The normalized spacial score (nSPS) is 19.9. The number of methoxy groups -OCH3 is 1. The van der Waals surface area contributed by atoms with E-state index in [1.165, 1.54) is 0 Å². The first kappa shape index (κ1) is 13.9. The molecular weight excluding hydrogens is 244 g/mol. The fourth-order valence-corrected chi connectivity index (χ4v) is 2.56. The van der Waals surface area contributed by atoms with Crippen LogP contribution in [0, 0.1) is 6.92 Å². The summed E-state index contributed by atoms with van der Waals surface area (Å²) >= 11 is 0. The van der Waals surface area contributed by atoms with E-state index in [-0.39, 0.29) is 5.91 Å². The molecule has 1 aliphatic rings. The molecule has 1 aromatic heterocycles. The third kappa shape index (κ3) is 2.89. The summed E-state index contributed by atoms with van der Waals surface area (Å²) in [4.78, 5) is 13.2. The lowest BCUT2D eigenvalue weighted by molar-refractivity contribution is -0.132. The lowest BCUT2D eigenvalue weighted by atomic mass is 10.1. The van der Waals surface area contributed by atoms with E-state index >= 15 is 0 Å². The number of nitrogens with one attached hydrogen (secondary N) is 1. The summed E-state index contributed by atoms with van der Waals surface area (Å²) in [6, 6.07) is 0.340. The van der Waals surface area contributed by atoms with Gasteiger partial charge in [-0.05, 0) is 13.3 Å². The van der Waals surface area contributed by atoms with Crippen molar-refractivity contribution in [1.29, 1.82) is 0 Å². The van der Waals surface area contributed by atoms with Crippen LogP contribution in [-0.2, 0) is 18.4 Å². The molecule has 1 fully saturated rings. The van der Waals surface area contributed by atoms with Crippen LogP contribution >= 0.6 is 0 Å². The van der Waals surface area contributed by atoms with Gasteiger partial charge in [0.1, 0.15) is 0 Å². The highest BCUT2D eigenvalue weighted by molar-refractivity contribution is 5.76. The zero-order valence-electron chi connectivity index (χ0n) is 12.1. The molecular formula is C13H22N4O2. The Balaban J connectivity index is 1.97. The zero-order chi connectivity index (χ0) is 14.0. The molecule has 1 unspecified atom stereocenters. The number of amides is 1. The van der Waals surface area contributed by atoms with Gasteiger partial charge in [-0.15, -0.1) is 0 Å². The second-order valence-corrected chi connectivity index (χ2v) is 5.09. The molecule has 2 rings (SSSR count). The summed E-state index contributed by atoms with van der Waals surface area (Å²) in [7, 11) is 5.39. The maximum atomic E-state index is 11.4. The molecule has 1 saturated heterocycles. The molecule has 2 heterocycles. The van der Waals surface area contributed by atoms with E-state index in [2.05, 4.69) is 10.4 Å². The SMILES string of the molecule is COc1c(CNC2CCC(=O)N(C)C2)c(C)nn1C. The highest BCUT2D eigenvalue weighted by Gasteiger charge is 2.23. The van der Waals surface area contributed by atoms with E-state index in [9.17, 15) is 4.79 Å². The topological polar surface area (TPSA) is 59.4 Å². The minimum Gasteiger partial charge on any atom is -0.481 e. The van der Waals surface area contributed by atoms with Gasteiger partial charge in [-0.25, -0.2) is 4.68 Å². The van der Waals surface area contributed by atoms with Gasteiger partial charge in [0.2, 0.25) is 11.8 Å². The number of aromatic nitrogens is 2. The lowest BCUT2D eigenvalue weighted by Gasteiger charge is -2.30. The van der Waals surface area contributed by atoms with Gasteiger partial charge in [-0.3, -0.25) is 4.79 Å². The fraction of sp³-hybridized carbons (Fsp3) is 0.692. The molecule has 1 aliphatic heterocycles. The van der Waals surface area contributed by atoms with Crippen molar-refractivity contribution in [3.63, 3.8) is 0 Å². The Kier molecular flexibility index (Phi) is 4.09. The third-order valence-electron chi connectivity index (χ3n) is 3.68. The second kappa shape index (κ2) is 5.61. The Bertz CT molecular complexity index is 469. The monoisotopic (exact) mass is 266 g/mol. The molecule has 1 N–H and O–H groups in total. The van der Waals surface area contributed by atoms with Crippen molar-refractivity contribution in [3.8, 4) is 5.88 Å². The van der Waals surface area contributed by atoms with Gasteiger partial charge < -0.3 is 15.0 Å². The van der Waals surface area contributed by atoms with Crippen molar-refractivity contribution >= 4 is 5.91 Å². The predicted octanol–water partition coefficient (Wildman–Crippen LogP) is 0.448. The van der Waals surface area contributed by atoms with Crippen LogP contribution in [0.3, 0.4) is 0 Å². The quantitative estimate of drug-likeness (QED) is 0.859. The molecule has 0 radical (unpaired) electrons. The number of rotatable bonds is 4. The van der Waals surface area contributed by atoms with Gasteiger partial charge in [0.05, 0.1) is 18.4 Å². The number of aryl methyl sites for hydroxylation is 2. The summed E-state index contributed by atoms with van der Waals surface area (Å²) in [5, 5.41) is 7.85. The van der Waals surface area contributed by atoms with Gasteiger partial charge in [0, 0.05) is 39.6 Å². The number of carbonyl (C=O) groups is 1. The Labute approximate surface area is 113 Å². The average Bonchev–Trinajstić information content (AvgIpc) is 2.64. The molecule has 1 atom stereocenters. The van der Waals surface area contributed by atoms with Crippen LogP contribution in [0.4, 0.5) is 0 Å². The minimum atomic E-state index is 0.230. The molecule has 1 aromatic rings. The van der Waals surface area contributed by atoms with Crippen molar-refractivity contribution < 1.29 is 9.53 Å². The largest absolute Gasteiger partial charge is 0.481 e. The summed E-state index contributed by atoms with van der Waals surface area (Å²) in [5.41, 5.74) is 2.07. The molecule has 0 aromatic carbocycles. The van der Waals surface area contributed by atoms with Gasteiger partial charge >= 0.3 is 0 Å². The van der Waals surface area contributed by atoms with Crippen molar-refractivity contribution in [1.82, 2.24) is 20.0 Å².